The summed E-state index contributed by atoms with van der Waals surface area (Å²) < 4.78 is 5.56. The minimum atomic E-state index is -0.926. The molecule has 0 aliphatic carbocycles. The molecule has 0 aliphatic heterocycles. The molecule has 0 fully saturated rings. The zero-order valence-electron chi connectivity index (χ0n) is 10.7. The third-order valence-electron chi connectivity index (χ3n) is 2.84. The molecule has 0 atom stereocenters. The first-order valence-electron chi connectivity index (χ1n) is 6.14. The molecular formula is C16H13NO3. The van der Waals surface area contributed by atoms with Crippen molar-refractivity contribution >= 4 is 5.97 Å². The molecular weight excluding hydrogens is 254 g/mol. The lowest BCUT2D eigenvalue weighted by Crippen LogP contribution is -2.02. The molecule has 0 amide bonds. The van der Waals surface area contributed by atoms with Crippen LogP contribution in [0, 0.1) is 11.3 Å². The van der Waals surface area contributed by atoms with Crippen LogP contribution < -0.4 is 4.74 Å². The zero-order chi connectivity index (χ0) is 14.4. The van der Waals surface area contributed by atoms with Crippen LogP contribution >= 0.6 is 0 Å². The van der Waals surface area contributed by atoms with Crippen LogP contribution in [0.4, 0.5) is 0 Å². The largest absolute Gasteiger partial charge is 0.493 e. The van der Waals surface area contributed by atoms with Gasteiger partial charge in [-0.2, -0.15) is 5.26 Å². The van der Waals surface area contributed by atoms with Gasteiger partial charge in [0.05, 0.1) is 23.8 Å². The highest BCUT2D eigenvalue weighted by molar-refractivity contribution is 5.87. The number of carboxylic acids is 1. The molecule has 2 rings (SSSR count). The van der Waals surface area contributed by atoms with E-state index in [9.17, 15) is 4.79 Å². The number of nitriles is 1. The van der Waals surface area contributed by atoms with Crippen LogP contribution in [0.15, 0.2) is 48.5 Å². The first-order chi connectivity index (χ1) is 9.69. The molecule has 0 aliphatic rings. The summed E-state index contributed by atoms with van der Waals surface area (Å²) in [5.74, 6) is -0.212. The summed E-state index contributed by atoms with van der Waals surface area (Å²) in [6.07, 6.45) is 0.694. The SMILES string of the molecule is N#Cc1ccc(OCCc2ccc(C(=O)O)cc2)cc1. The first kappa shape index (κ1) is 13.6. The van der Waals surface area contributed by atoms with E-state index in [0.717, 1.165) is 5.56 Å². The van der Waals surface area contributed by atoms with Gasteiger partial charge in [-0.1, -0.05) is 12.1 Å². The number of hydrogen-bond donors (Lipinski definition) is 1. The highest BCUT2D eigenvalue weighted by atomic mass is 16.5. The van der Waals surface area contributed by atoms with Gasteiger partial charge in [-0.05, 0) is 42.0 Å². The first-order valence-corrected chi connectivity index (χ1v) is 6.14. The zero-order valence-corrected chi connectivity index (χ0v) is 10.7. The van der Waals surface area contributed by atoms with Crippen molar-refractivity contribution in [2.75, 3.05) is 6.61 Å². The van der Waals surface area contributed by atoms with E-state index in [1.807, 2.05) is 6.07 Å². The van der Waals surface area contributed by atoms with Crippen LogP contribution in [0.1, 0.15) is 21.5 Å². The van der Waals surface area contributed by atoms with Gasteiger partial charge >= 0.3 is 5.97 Å². The van der Waals surface area contributed by atoms with Crippen molar-refractivity contribution in [1.29, 1.82) is 5.26 Å². The lowest BCUT2D eigenvalue weighted by molar-refractivity contribution is 0.0697. The number of hydrogen-bond acceptors (Lipinski definition) is 3. The number of aromatic carboxylic acids is 1. The maximum absolute atomic E-state index is 10.7. The second-order valence-electron chi connectivity index (χ2n) is 4.24. The van der Waals surface area contributed by atoms with E-state index < -0.39 is 5.97 Å². The topological polar surface area (TPSA) is 70.3 Å². The van der Waals surface area contributed by atoms with Gasteiger partial charge in [-0.25, -0.2) is 4.79 Å². The number of carbonyl (C=O) groups is 1. The Bertz CT molecular complexity index is 624. The molecule has 0 bridgehead atoms. The highest BCUT2D eigenvalue weighted by Crippen LogP contribution is 2.12. The number of rotatable bonds is 5. The van der Waals surface area contributed by atoms with Gasteiger partial charge in [0, 0.05) is 6.42 Å². The molecule has 100 valence electrons. The molecule has 0 radical (unpaired) electrons. The van der Waals surface area contributed by atoms with Crippen molar-refractivity contribution in [3.05, 3.63) is 65.2 Å². The summed E-state index contributed by atoms with van der Waals surface area (Å²) in [6.45, 7) is 0.498. The summed E-state index contributed by atoms with van der Waals surface area (Å²) in [7, 11) is 0. The fourth-order valence-corrected chi connectivity index (χ4v) is 1.73. The van der Waals surface area contributed by atoms with E-state index in [0.29, 0.717) is 24.3 Å². The number of nitrogens with zero attached hydrogens (tertiary/aromatic N) is 1. The highest BCUT2D eigenvalue weighted by Gasteiger charge is 2.02. The molecule has 0 heterocycles. The van der Waals surface area contributed by atoms with Crippen molar-refractivity contribution in [1.82, 2.24) is 0 Å². The molecule has 2 aromatic carbocycles. The average Bonchev–Trinajstić information content (AvgIpc) is 2.48. The predicted octanol–water partition coefficient (Wildman–Crippen LogP) is 2.88. The number of ether oxygens (including phenoxy) is 1. The second-order valence-corrected chi connectivity index (χ2v) is 4.24. The van der Waals surface area contributed by atoms with Gasteiger partial charge in [0.2, 0.25) is 0 Å². The van der Waals surface area contributed by atoms with E-state index in [-0.39, 0.29) is 5.56 Å². The van der Waals surface area contributed by atoms with Crippen molar-refractivity contribution in [3.8, 4) is 11.8 Å². The lowest BCUT2D eigenvalue weighted by Gasteiger charge is -2.06. The summed E-state index contributed by atoms with van der Waals surface area (Å²) in [4.78, 5) is 10.7. The second kappa shape index (κ2) is 6.39. The van der Waals surface area contributed by atoms with Crippen LogP contribution in [-0.2, 0) is 6.42 Å². The molecule has 4 heteroatoms. The third-order valence-corrected chi connectivity index (χ3v) is 2.84. The minimum Gasteiger partial charge on any atom is -0.493 e. The summed E-state index contributed by atoms with van der Waals surface area (Å²) in [5, 5.41) is 17.5. The molecule has 0 unspecified atom stereocenters. The van der Waals surface area contributed by atoms with Gasteiger partial charge in [0.1, 0.15) is 5.75 Å². The normalized spacial score (nSPS) is 9.75. The fourth-order valence-electron chi connectivity index (χ4n) is 1.73. The summed E-state index contributed by atoms with van der Waals surface area (Å²) in [5.41, 5.74) is 1.90. The Morgan fingerprint density at radius 3 is 2.30 bits per heavy atom. The van der Waals surface area contributed by atoms with Gasteiger partial charge in [0.25, 0.3) is 0 Å². The van der Waals surface area contributed by atoms with Crippen molar-refractivity contribution in [2.24, 2.45) is 0 Å². The smallest absolute Gasteiger partial charge is 0.335 e. The monoisotopic (exact) mass is 267 g/mol. The quantitative estimate of drug-likeness (QED) is 0.904. The van der Waals surface area contributed by atoms with E-state index >= 15 is 0 Å². The Morgan fingerprint density at radius 2 is 1.75 bits per heavy atom. The number of carboxylic acid groups (broad SMARTS) is 1. The summed E-state index contributed by atoms with van der Waals surface area (Å²) in [6, 6.07) is 15.7. The standard InChI is InChI=1S/C16H13NO3/c17-11-13-3-7-15(8-4-13)20-10-9-12-1-5-14(6-2-12)16(18)19/h1-8H,9-10H2,(H,18,19). The number of benzene rings is 2. The van der Waals surface area contributed by atoms with Crippen molar-refractivity contribution in [3.63, 3.8) is 0 Å². The van der Waals surface area contributed by atoms with Crippen molar-refractivity contribution < 1.29 is 14.6 Å². The van der Waals surface area contributed by atoms with Gasteiger partial charge in [0.15, 0.2) is 0 Å². The van der Waals surface area contributed by atoms with Gasteiger partial charge in [-0.15, -0.1) is 0 Å². The molecule has 2 aromatic rings. The third kappa shape index (κ3) is 3.59. The van der Waals surface area contributed by atoms with Crippen LogP contribution in [-0.4, -0.2) is 17.7 Å². The Labute approximate surface area is 116 Å². The Kier molecular flexibility index (Phi) is 4.35. The van der Waals surface area contributed by atoms with Crippen LogP contribution in [0.25, 0.3) is 0 Å². The molecule has 0 saturated heterocycles. The van der Waals surface area contributed by atoms with Crippen molar-refractivity contribution in [2.45, 2.75) is 6.42 Å². The summed E-state index contributed by atoms with van der Waals surface area (Å²) >= 11 is 0. The molecule has 0 spiro atoms. The average molecular weight is 267 g/mol. The minimum absolute atomic E-state index is 0.279. The Balaban J connectivity index is 1.86. The van der Waals surface area contributed by atoms with E-state index in [1.165, 1.54) is 0 Å². The molecule has 4 nitrogen and oxygen atoms in total. The Hall–Kier alpha value is -2.80. The van der Waals surface area contributed by atoms with E-state index in [1.54, 1.807) is 48.5 Å². The molecule has 0 aromatic heterocycles. The maximum atomic E-state index is 10.7. The van der Waals surface area contributed by atoms with Crippen LogP contribution in [0.2, 0.25) is 0 Å². The van der Waals surface area contributed by atoms with Crippen LogP contribution in [0.3, 0.4) is 0 Å². The lowest BCUT2D eigenvalue weighted by atomic mass is 10.1. The predicted molar refractivity (Wildman–Crippen MR) is 73.8 cm³/mol. The van der Waals surface area contributed by atoms with E-state index in [4.69, 9.17) is 15.1 Å². The Morgan fingerprint density at radius 1 is 1.10 bits per heavy atom. The van der Waals surface area contributed by atoms with Gasteiger partial charge in [-0.3, -0.25) is 0 Å². The fraction of sp³-hybridized carbons (Fsp3) is 0.125. The maximum Gasteiger partial charge on any atom is 0.335 e. The molecule has 20 heavy (non-hydrogen) atoms. The van der Waals surface area contributed by atoms with Gasteiger partial charge < -0.3 is 9.84 Å². The molecule has 1 N–H and O–H groups in total. The van der Waals surface area contributed by atoms with E-state index in [2.05, 4.69) is 0 Å². The molecule has 0 saturated carbocycles. The van der Waals surface area contributed by atoms with Crippen LogP contribution in [0.5, 0.6) is 5.75 Å².